The third-order valence-corrected chi connectivity index (χ3v) is 2.52. The molecule has 1 aromatic heterocycles. The third kappa shape index (κ3) is 4.92. The molecule has 0 aliphatic carbocycles. The number of halogens is 2. The summed E-state index contributed by atoms with van der Waals surface area (Å²) >= 11 is 0. The van der Waals surface area contributed by atoms with Gasteiger partial charge in [-0.25, -0.2) is 4.98 Å². The number of rotatable bonds is 5. The molecule has 20 heavy (non-hydrogen) atoms. The van der Waals surface area contributed by atoms with Crippen molar-refractivity contribution in [2.75, 3.05) is 19.6 Å². The fourth-order valence-corrected chi connectivity index (χ4v) is 1.60. The molecule has 1 heterocycles. The topological polar surface area (TPSA) is 66.9 Å². The second kappa shape index (κ2) is 9.47. The molecule has 1 amide bonds. The normalized spacial score (nSPS) is 9.45. The Morgan fingerprint density at radius 3 is 2.55 bits per heavy atom. The van der Waals surface area contributed by atoms with E-state index in [2.05, 4.69) is 20.6 Å². The summed E-state index contributed by atoms with van der Waals surface area (Å²) < 4.78 is 0. The number of carbonyl (C=O) groups is 1. The van der Waals surface area contributed by atoms with Gasteiger partial charge in [-0.3, -0.25) is 9.78 Å². The molecule has 0 radical (unpaired) electrons. The average Bonchev–Trinajstić information content (AvgIpc) is 2.43. The molecule has 0 saturated heterocycles. The van der Waals surface area contributed by atoms with E-state index in [9.17, 15) is 4.79 Å². The second-order valence-corrected chi connectivity index (χ2v) is 3.85. The molecule has 0 aliphatic rings. The van der Waals surface area contributed by atoms with Crippen molar-refractivity contribution in [1.29, 1.82) is 0 Å². The van der Waals surface area contributed by atoms with Gasteiger partial charge >= 0.3 is 0 Å². The van der Waals surface area contributed by atoms with Gasteiger partial charge in [0.15, 0.2) is 0 Å². The van der Waals surface area contributed by atoms with Gasteiger partial charge in [0.05, 0.1) is 17.2 Å². The Kier molecular flexibility index (Phi) is 8.79. The van der Waals surface area contributed by atoms with E-state index in [0.29, 0.717) is 12.2 Å². The van der Waals surface area contributed by atoms with Crippen molar-refractivity contribution in [3.63, 3.8) is 0 Å². The van der Waals surface area contributed by atoms with Crippen LogP contribution in [0.15, 0.2) is 30.5 Å². The molecule has 0 bridgehead atoms. The van der Waals surface area contributed by atoms with Crippen LogP contribution in [0.5, 0.6) is 0 Å². The van der Waals surface area contributed by atoms with Crippen molar-refractivity contribution in [2.24, 2.45) is 0 Å². The molecular formula is C13H18Cl2N4O. The van der Waals surface area contributed by atoms with Crippen LogP contribution in [0.1, 0.15) is 17.4 Å². The quantitative estimate of drug-likeness (QED) is 0.826. The summed E-state index contributed by atoms with van der Waals surface area (Å²) in [6.07, 6.45) is 1.50. The van der Waals surface area contributed by atoms with Gasteiger partial charge < -0.3 is 10.6 Å². The maximum atomic E-state index is 11.8. The van der Waals surface area contributed by atoms with Gasteiger partial charge in [-0.05, 0) is 18.7 Å². The first-order valence-corrected chi connectivity index (χ1v) is 6.02. The van der Waals surface area contributed by atoms with E-state index in [-0.39, 0.29) is 30.7 Å². The molecule has 0 fully saturated rings. The average molecular weight is 317 g/mol. The number of nitrogens with one attached hydrogen (secondary N) is 2. The number of hydrogen-bond acceptors (Lipinski definition) is 4. The van der Waals surface area contributed by atoms with Crippen molar-refractivity contribution in [3.8, 4) is 0 Å². The first-order valence-electron chi connectivity index (χ1n) is 6.02. The molecule has 0 atom stereocenters. The molecule has 2 rings (SSSR count). The lowest BCUT2D eigenvalue weighted by molar-refractivity contribution is 0.0949. The summed E-state index contributed by atoms with van der Waals surface area (Å²) in [6, 6.07) is 7.49. The molecule has 0 saturated carbocycles. The van der Waals surface area contributed by atoms with Crippen LogP contribution in [0, 0.1) is 0 Å². The van der Waals surface area contributed by atoms with Gasteiger partial charge in [0.25, 0.3) is 5.91 Å². The molecule has 5 nitrogen and oxygen atoms in total. The zero-order valence-corrected chi connectivity index (χ0v) is 12.8. The number of para-hydroxylation sites is 2. The fourth-order valence-electron chi connectivity index (χ4n) is 1.60. The van der Waals surface area contributed by atoms with Crippen molar-refractivity contribution < 1.29 is 4.79 Å². The number of hydrogen-bond donors (Lipinski definition) is 2. The minimum Gasteiger partial charge on any atom is -0.349 e. The first kappa shape index (κ1) is 18.6. The highest BCUT2D eigenvalue weighted by atomic mass is 35.5. The standard InChI is InChI=1S/C13H16N4O.2ClH/c1-2-14-7-8-15-13(18)12-9-16-10-5-3-4-6-11(10)17-12;;/h3-6,9,14H,2,7-8H2,1H3,(H,15,18);2*1H. The molecular weight excluding hydrogens is 299 g/mol. The van der Waals surface area contributed by atoms with Crippen LogP contribution >= 0.6 is 24.8 Å². The molecule has 110 valence electrons. The number of benzene rings is 1. The minimum absolute atomic E-state index is 0. The number of amides is 1. The van der Waals surface area contributed by atoms with Crippen molar-refractivity contribution in [1.82, 2.24) is 20.6 Å². The van der Waals surface area contributed by atoms with Gasteiger partial charge in [-0.1, -0.05) is 19.1 Å². The largest absolute Gasteiger partial charge is 0.349 e. The molecule has 7 heteroatoms. The summed E-state index contributed by atoms with van der Waals surface area (Å²) in [4.78, 5) is 20.3. The number of likely N-dealkylation sites (N-methyl/N-ethyl adjacent to an activating group) is 1. The molecule has 2 N–H and O–H groups in total. The van der Waals surface area contributed by atoms with Crippen LogP contribution in [0.4, 0.5) is 0 Å². The van der Waals surface area contributed by atoms with E-state index in [4.69, 9.17) is 0 Å². The molecule has 1 aromatic carbocycles. The van der Waals surface area contributed by atoms with Crippen LogP contribution in [-0.2, 0) is 0 Å². The summed E-state index contributed by atoms with van der Waals surface area (Å²) in [6.45, 7) is 4.26. The number of fused-ring (bicyclic) bond motifs is 1. The van der Waals surface area contributed by atoms with Crippen LogP contribution in [0.25, 0.3) is 11.0 Å². The van der Waals surface area contributed by atoms with Crippen LogP contribution in [0.3, 0.4) is 0 Å². The SMILES string of the molecule is CCNCCNC(=O)c1cnc2ccccc2n1.Cl.Cl. The lowest BCUT2D eigenvalue weighted by Gasteiger charge is -2.05. The highest BCUT2D eigenvalue weighted by Gasteiger charge is 2.07. The summed E-state index contributed by atoms with van der Waals surface area (Å²) in [5, 5.41) is 5.93. The van der Waals surface area contributed by atoms with Crippen LogP contribution in [-0.4, -0.2) is 35.5 Å². The smallest absolute Gasteiger partial charge is 0.271 e. The summed E-state index contributed by atoms with van der Waals surface area (Å²) in [5.74, 6) is -0.189. The van der Waals surface area contributed by atoms with Crippen LogP contribution in [0.2, 0.25) is 0 Å². The van der Waals surface area contributed by atoms with E-state index in [1.807, 2.05) is 31.2 Å². The van der Waals surface area contributed by atoms with Crippen LogP contribution < -0.4 is 10.6 Å². The van der Waals surface area contributed by atoms with Gasteiger partial charge in [-0.15, -0.1) is 24.8 Å². The predicted octanol–water partition coefficient (Wildman–Crippen LogP) is 1.81. The Morgan fingerprint density at radius 1 is 1.15 bits per heavy atom. The van der Waals surface area contributed by atoms with E-state index >= 15 is 0 Å². The zero-order valence-electron chi connectivity index (χ0n) is 11.1. The fraction of sp³-hybridized carbons (Fsp3) is 0.308. The lowest BCUT2D eigenvalue weighted by Crippen LogP contribution is -2.32. The second-order valence-electron chi connectivity index (χ2n) is 3.85. The van der Waals surface area contributed by atoms with E-state index in [1.54, 1.807) is 0 Å². The Morgan fingerprint density at radius 2 is 1.85 bits per heavy atom. The minimum atomic E-state index is -0.189. The molecule has 2 aromatic rings. The highest BCUT2D eigenvalue weighted by Crippen LogP contribution is 2.08. The summed E-state index contributed by atoms with van der Waals surface area (Å²) in [7, 11) is 0. The maximum absolute atomic E-state index is 11.8. The Balaban J connectivity index is 0.00000180. The molecule has 0 aliphatic heterocycles. The van der Waals surface area contributed by atoms with Gasteiger partial charge in [0, 0.05) is 13.1 Å². The Labute approximate surface area is 130 Å². The van der Waals surface area contributed by atoms with Crippen molar-refractivity contribution in [3.05, 3.63) is 36.2 Å². The van der Waals surface area contributed by atoms with Crippen molar-refractivity contribution >= 4 is 41.8 Å². The van der Waals surface area contributed by atoms with Gasteiger partial charge in [0.1, 0.15) is 5.69 Å². The summed E-state index contributed by atoms with van der Waals surface area (Å²) in [5.41, 5.74) is 1.88. The van der Waals surface area contributed by atoms with E-state index in [0.717, 1.165) is 24.1 Å². The first-order chi connectivity index (χ1) is 8.81. The Bertz CT molecular complexity index is 551. The number of carbonyl (C=O) groups excluding carboxylic acids is 1. The monoisotopic (exact) mass is 316 g/mol. The third-order valence-electron chi connectivity index (χ3n) is 2.52. The molecule has 0 spiro atoms. The molecule has 0 unspecified atom stereocenters. The Hall–Kier alpha value is -1.43. The van der Waals surface area contributed by atoms with Gasteiger partial charge in [0.2, 0.25) is 0 Å². The van der Waals surface area contributed by atoms with Crippen molar-refractivity contribution in [2.45, 2.75) is 6.92 Å². The lowest BCUT2D eigenvalue weighted by atomic mass is 10.3. The van der Waals surface area contributed by atoms with E-state index < -0.39 is 0 Å². The number of nitrogens with zero attached hydrogens (tertiary/aromatic N) is 2. The highest BCUT2D eigenvalue weighted by molar-refractivity contribution is 5.93. The maximum Gasteiger partial charge on any atom is 0.271 e. The zero-order chi connectivity index (χ0) is 12.8. The predicted molar refractivity (Wildman–Crippen MR) is 84.9 cm³/mol. The van der Waals surface area contributed by atoms with Gasteiger partial charge in [-0.2, -0.15) is 0 Å². The van der Waals surface area contributed by atoms with E-state index in [1.165, 1.54) is 6.20 Å². The number of aromatic nitrogens is 2.